The molecule has 0 aliphatic heterocycles. The van der Waals surface area contributed by atoms with Crippen molar-refractivity contribution in [2.45, 2.75) is 0 Å². The van der Waals surface area contributed by atoms with Gasteiger partial charge in [0.2, 0.25) is 0 Å². The zero-order valence-corrected chi connectivity index (χ0v) is 5.39. The molecule has 3 heteroatoms. The molecule has 1 aromatic heterocycles. The van der Waals surface area contributed by atoms with Crippen LogP contribution in [0.5, 0.6) is 0 Å². The van der Waals surface area contributed by atoms with E-state index in [-0.39, 0.29) is 0 Å². The summed E-state index contributed by atoms with van der Waals surface area (Å²) in [4.78, 5) is 0. The average molecular weight is 129 g/mol. The first kappa shape index (κ1) is 5.52. The van der Waals surface area contributed by atoms with Crippen LogP contribution in [0.1, 0.15) is 0 Å². The fourth-order valence-corrected chi connectivity index (χ4v) is 0.954. The molecule has 1 atom stereocenters. The molecule has 1 aromatic rings. The Morgan fingerprint density at radius 3 is 2.75 bits per heavy atom. The van der Waals surface area contributed by atoms with Gasteiger partial charge in [0.25, 0.3) is 0 Å². The van der Waals surface area contributed by atoms with Crippen LogP contribution in [-0.4, -0.2) is 6.66 Å². The minimum atomic E-state index is -1.28. The van der Waals surface area contributed by atoms with Gasteiger partial charge in [-0.15, -0.1) is 0 Å². The van der Waals surface area contributed by atoms with E-state index in [4.69, 9.17) is 4.42 Å². The monoisotopic (exact) mass is 129 g/mol. The lowest BCUT2D eigenvalue weighted by atomic mass is 10.7. The predicted molar refractivity (Wildman–Crippen MR) is 31.9 cm³/mol. The van der Waals surface area contributed by atoms with Gasteiger partial charge in [0.15, 0.2) is 0 Å². The average Bonchev–Trinajstić information content (AvgIpc) is 2.12. The Morgan fingerprint density at radius 1 is 1.75 bits per heavy atom. The van der Waals surface area contributed by atoms with Gasteiger partial charge in [0, 0.05) is 6.07 Å². The number of furan rings is 1. The Balaban J connectivity index is 2.93. The van der Waals surface area contributed by atoms with Crippen LogP contribution in [-0.2, 0) is 4.57 Å². The molecular weight excluding hydrogens is 123 g/mol. The Labute approximate surface area is 48.3 Å². The summed E-state index contributed by atoms with van der Waals surface area (Å²) < 4.78 is 15.4. The molecular formula is C5H6O2P+. The molecule has 0 radical (unpaired) electrons. The summed E-state index contributed by atoms with van der Waals surface area (Å²) in [5, 5.41) is 0. The molecule has 1 rings (SSSR count). The highest BCUT2D eigenvalue weighted by Crippen LogP contribution is 2.12. The second kappa shape index (κ2) is 2.10. The van der Waals surface area contributed by atoms with Crippen molar-refractivity contribution in [1.29, 1.82) is 0 Å². The summed E-state index contributed by atoms with van der Waals surface area (Å²) in [5.74, 6) is 0. The molecule has 0 bridgehead atoms. The van der Waals surface area contributed by atoms with Gasteiger partial charge in [-0.25, -0.2) is 0 Å². The molecule has 0 aromatic carbocycles. The Kier molecular flexibility index (Phi) is 1.45. The van der Waals surface area contributed by atoms with Crippen LogP contribution in [0.25, 0.3) is 0 Å². The largest absolute Gasteiger partial charge is 0.427 e. The molecule has 2 nitrogen and oxygen atoms in total. The van der Waals surface area contributed by atoms with E-state index in [1.54, 1.807) is 18.8 Å². The van der Waals surface area contributed by atoms with Crippen molar-refractivity contribution < 1.29 is 8.98 Å². The van der Waals surface area contributed by atoms with Gasteiger partial charge in [0.05, 0.1) is 6.26 Å². The van der Waals surface area contributed by atoms with Crippen molar-refractivity contribution in [2.24, 2.45) is 0 Å². The fourth-order valence-electron chi connectivity index (χ4n) is 0.449. The van der Waals surface area contributed by atoms with Crippen LogP contribution in [0.4, 0.5) is 0 Å². The lowest BCUT2D eigenvalue weighted by Crippen LogP contribution is -1.85. The Morgan fingerprint density at radius 2 is 2.50 bits per heavy atom. The van der Waals surface area contributed by atoms with Gasteiger partial charge in [-0.05, 0) is 6.07 Å². The SMILES string of the molecule is C[P+](=O)c1ccco1. The lowest BCUT2D eigenvalue weighted by Gasteiger charge is -1.66. The molecule has 0 spiro atoms. The summed E-state index contributed by atoms with van der Waals surface area (Å²) in [7, 11) is -1.28. The van der Waals surface area contributed by atoms with Crippen molar-refractivity contribution in [3.8, 4) is 0 Å². The van der Waals surface area contributed by atoms with Crippen LogP contribution >= 0.6 is 7.80 Å². The maximum atomic E-state index is 10.6. The van der Waals surface area contributed by atoms with Crippen molar-refractivity contribution in [1.82, 2.24) is 0 Å². The fraction of sp³-hybridized carbons (Fsp3) is 0.200. The van der Waals surface area contributed by atoms with Crippen LogP contribution < -0.4 is 5.50 Å². The van der Waals surface area contributed by atoms with Gasteiger partial charge >= 0.3 is 13.3 Å². The first-order chi connectivity index (χ1) is 3.80. The summed E-state index contributed by atoms with van der Waals surface area (Å²) in [6.45, 7) is 1.62. The molecule has 42 valence electrons. The van der Waals surface area contributed by atoms with E-state index >= 15 is 0 Å². The van der Waals surface area contributed by atoms with Crippen LogP contribution in [0.15, 0.2) is 22.8 Å². The molecule has 1 unspecified atom stereocenters. The zero-order chi connectivity index (χ0) is 5.98. The Hall–Kier alpha value is -0.620. The van der Waals surface area contributed by atoms with E-state index in [9.17, 15) is 4.57 Å². The minimum Gasteiger partial charge on any atom is -0.427 e. The van der Waals surface area contributed by atoms with E-state index in [2.05, 4.69) is 0 Å². The second-order valence-corrected chi connectivity index (χ2v) is 2.88. The first-order valence-electron chi connectivity index (χ1n) is 2.25. The molecule has 0 fully saturated rings. The highest BCUT2D eigenvalue weighted by molar-refractivity contribution is 7.52. The molecule has 0 saturated heterocycles. The maximum Gasteiger partial charge on any atom is 0.412 e. The van der Waals surface area contributed by atoms with E-state index in [0.717, 1.165) is 0 Å². The van der Waals surface area contributed by atoms with E-state index in [1.807, 2.05) is 0 Å². The first-order valence-corrected chi connectivity index (χ1v) is 3.96. The summed E-state index contributed by atoms with van der Waals surface area (Å²) in [6.07, 6.45) is 1.52. The van der Waals surface area contributed by atoms with Crippen molar-refractivity contribution in [2.75, 3.05) is 6.66 Å². The molecule has 0 saturated carbocycles. The number of rotatable bonds is 1. The standard InChI is InChI=1S/C5H6O2P/c1-8(6)5-3-2-4-7-5/h2-4H,1H3/q+1. The van der Waals surface area contributed by atoms with Crippen molar-refractivity contribution in [3.63, 3.8) is 0 Å². The van der Waals surface area contributed by atoms with Crippen LogP contribution in [0.2, 0.25) is 0 Å². The topological polar surface area (TPSA) is 30.2 Å². The minimum absolute atomic E-state index is 0.569. The van der Waals surface area contributed by atoms with Crippen LogP contribution in [0, 0.1) is 0 Å². The molecule has 0 amide bonds. The van der Waals surface area contributed by atoms with E-state index < -0.39 is 7.80 Å². The summed E-state index contributed by atoms with van der Waals surface area (Å²) in [5.41, 5.74) is 0.569. The lowest BCUT2D eigenvalue weighted by molar-refractivity contribution is 0.571. The third-order valence-electron chi connectivity index (χ3n) is 0.817. The van der Waals surface area contributed by atoms with E-state index in [1.165, 1.54) is 6.26 Å². The van der Waals surface area contributed by atoms with Gasteiger partial charge in [0.1, 0.15) is 6.66 Å². The molecule has 0 aliphatic rings. The molecule has 0 N–H and O–H groups in total. The zero-order valence-electron chi connectivity index (χ0n) is 4.50. The predicted octanol–water partition coefficient (Wildman–Crippen LogP) is 1.36. The second-order valence-electron chi connectivity index (χ2n) is 1.45. The quantitative estimate of drug-likeness (QED) is 0.536. The van der Waals surface area contributed by atoms with Gasteiger partial charge < -0.3 is 4.42 Å². The van der Waals surface area contributed by atoms with Crippen LogP contribution in [0.3, 0.4) is 0 Å². The van der Waals surface area contributed by atoms with Crippen molar-refractivity contribution in [3.05, 3.63) is 18.4 Å². The number of hydrogen-bond donors (Lipinski definition) is 0. The Bertz CT molecular complexity index is 178. The molecule has 1 heterocycles. The molecule has 0 aliphatic carbocycles. The highest BCUT2D eigenvalue weighted by Gasteiger charge is 2.13. The van der Waals surface area contributed by atoms with Gasteiger partial charge in [-0.2, -0.15) is 0 Å². The van der Waals surface area contributed by atoms with Gasteiger partial charge in [-0.1, -0.05) is 4.57 Å². The van der Waals surface area contributed by atoms with E-state index in [0.29, 0.717) is 5.50 Å². The summed E-state index contributed by atoms with van der Waals surface area (Å²) >= 11 is 0. The van der Waals surface area contributed by atoms with Gasteiger partial charge in [-0.3, -0.25) is 0 Å². The maximum absolute atomic E-state index is 10.6. The normalized spacial score (nSPS) is 11.4. The smallest absolute Gasteiger partial charge is 0.412 e. The highest BCUT2D eigenvalue weighted by atomic mass is 31.1. The molecule has 8 heavy (non-hydrogen) atoms. The third kappa shape index (κ3) is 0.958. The van der Waals surface area contributed by atoms with Crippen molar-refractivity contribution >= 4 is 13.3 Å². The summed E-state index contributed by atoms with van der Waals surface area (Å²) in [6, 6.07) is 3.44. The number of hydrogen-bond acceptors (Lipinski definition) is 2. The third-order valence-corrected chi connectivity index (χ3v) is 1.69.